The van der Waals surface area contributed by atoms with Crippen LogP contribution in [0.1, 0.15) is 0 Å². The molecule has 1 N–H and O–H groups in total. The van der Waals surface area contributed by atoms with Gasteiger partial charge in [-0.3, -0.25) is 0 Å². The van der Waals surface area contributed by atoms with Crippen LogP contribution >= 0.6 is 19.6 Å². The van der Waals surface area contributed by atoms with E-state index < -0.39 is 7.35 Å². The minimum Gasteiger partial charge on any atom is -0.363 e. The van der Waals surface area contributed by atoms with Crippen LogP contribution in [0.4, 0.5) is 0 Å². The summed E-state index contributed by atoms with van der Waals surface area (Å²) in [5.41, 5.74) is 0. The molecule has 0 unspecified atom stereocenters. The highest BCUT2D eigenvalue weighted by atomic mass is 32.7. The first-order valence-electron chi connectivity index (χ1n) is 0.847. The molecule has 0 spiro atoms. The van der Waals surface area contributed by atoms with Gasteiger partial charge in [0.2, 0.25) is 0 Å². The Hall–Kier alpha value is 0.740. The lowest BCUT2D eigenvalue weighted by atomic mass is 12.0. The van der Waals surface area contributed by atoms with E-state index in [9.17, 15) is 0 Å². The summed E-state index contributed by atoms with van der Waals surface area (Å²) in [5, 5.41) is 0. The molecule has 0 aromatic carbocycles. The van der Waals surface area contributed by atoms with Crippen molar-refractivity contribution in [2.24, 2.45) is 0 Å². The van der Waals surface area contributed by atoms with Crippen molar-refractivity contribution >= 4 is 19.6 Å². The second-order valence-electron chi connectivity index (χ2n) is 0.489. The van der Waals surface area contributed by atoms with Crippen LogP contribution in [0.25, 0.3) is 0 Å². The van der Waals surface area contributed by atoms with E-state index in [0.29, 0.717) is 0 Å². The monoisotopic (exact) mass is 96.0 g/mol. The van der Waals surface area contributed by atoms with E-state index >= 15 is 0 Å². The van der Waals surface area contributed by atoms with Gasteiger partial charge >= 0.3 is 0 Å². The highest BCUT2D eigenvalue weighted by molar-refractivity contribution is 8.43. The van der Waals surface area contributed by atoms with Crippen LogP contribution in [0, 0.1) is 0 Å². The van der Waals surface area contributed by atoms with Crippen molar-refractivity contribution in [2.75, 3.05) is 6.66 Å². The summed E-state index contributed by atoms with van der Waals surface area (Å²) in [7, 11) is -0.926. The predicted octanol–water partition coefficient (Wildman–Crippen LogP) is 0.850. The summed E-state index contributed by atoms with van der Waals surface area (Å²) in [4.78, 5) is 7.98. The van der Waals surface area contributed by atoms with Gasteiger partial charge in [-0.05, 0) is 6.66 Å². The lowest BCUT2D eigenvalue weighted by Crippen LogP contribution is -1.39. The van der Waals surface area contributed by atoms with Crippen LogP contribution in [-0.4, -0.2) is 11.6 Å². The normalized spacial score (nSPS) is 15.8. The van der Waals surface area contributed by atoms with Crippen LogP contribution in [0.5, 0.6) is 0 Å². The van der Waals surface area contributed by atoms with Crippen LogP contribution in [0.15, 0.2) is 0 Å². The Morgan fingerprint density at radius 2 is 2.00 bits per heavy atom. The second-order valence-corrected chi connectivity index (χ2v) is 3.20. The van der Waals surface area contributed by atoms with Crippen LogP contribution in [0.2, 0.25) is 0 Å². The third kappa shape index (κ3) is 15.1. The maximum Gasteiger partial charge on any atom is 0.0784 e. The topological polar surface area (TPSA) is 20.2 Å². The van der Waals surface area contributed by atoms with E-state index in [0.717, 1.165) is 0 Å². The summed E-state index contributed by atoms with van der Waals surface area (Å²) >= 11 is 3.59. The fourth-order valence-corrected chi connectivity index (χ4v) is 0. The van der Waals surface area contributed by atoms with Gasteiger partial charge in [0, 0.05) is 0 Å². The molecule has 0 aromatic heterocycles. The maximum atomic E-state index is 7.98. The Morgan fingerprint density at radius 1 is 2.00 bits per heavy atom. The molecule has 4 heavy (non-hydrogen) atoms. The molecule has 26 valence electrons. The SMILES string of the molecule is C[P@](O)S. The van der Waals surface area contributed by atoms with Gasteiger partial charge < -0.3 is 4.89 Å². The molecule has 0 rings (SSSR count). The Morgan fingerprint density at radius 3 is 2.00 bits per heavy atom. The van der Waals surface area contributed by atoms with Crippen molar-refractivity contribution in [2.45, 2.75) is 0 Å². The zero-order valence-electron chi connectivity index (χ0n) is 2.34. The molecule has 0 aromatic rings. The third-order valence-electron chi connectivity index (χ3n) is 0. The zero-order valence-corrected chi connectivity index (χ0v) is 4.13. The van der Waals surface area contributed by atoms with E-state index in [1.165, 1.54) is 0 Å². The van der Waals surface area contributed by atoms with Gasteiger partial charge in [-0.15, -0.1) is 12.2 Å². The molecule has 1 nitrogen and oxygen atoms in total. The fraction of sp³-hybridized carbons (Fsp3) is 1.00. The molecular formula is CH5OPS. The van der Waals surface area contributed by atoms with Gasteiger partial charge in [0.05, 0.1) is 7.35 Å². The summed E-state index contributed by atoms with van der Waals surface area (Å²) in [5.74, 6) is 0. The van der Waals surface area contributed by atoms with Crippen molar-refractivity contribution in [3.63, 3.8) is 0 Å². The van der Waals surface area contributed by atoms with Gasteiger partial charge in [0.1, 0.15) is 0 Å². The van der Waals surface area contributed by atoms with Crippen LogP contribution < -0.4 is 0 Å². The van der Waals surface area contributed by atoms with E-state index in [-0.39, 0.29) is 0 Å². The van der Waals surface area contributed by atoms with E-state index in [4.69, 9.17) is 4.89 Å². The predicted molar refractivity (Wildman–Crippen MR) is 24.0 cm³/mol. The first-order chi connectivity index (χ1) is 1.73. The molecule has 0 bridgehead atoms. The minimum absolute atomic E-state index is 0.926. The largest absolute Gasteiger partial charge is 0.363 e. The highest BCUT2D eigenvalue weighted by Gasteiger charge is 1.70. The molecule has 3 heteroatoms. The highest BCUT2D eigenvalue weighted by Crippen LogP contribution is 2.27. The standard InChI is InChI=1S/CH5OPS/c1-3(2)4/h2,4H,1H3/t3-/m1/s1. The molecule has 0 aliphatic heterocycles. The molecule has 0 fully saturated rings. The van der Waals surface area contributed by atoms with E-state index in [1.807, 2.05) is 0 Å². The van der Waals surface area contributed by atoms with Gasteiger partial charge in [0.25, 0.3) is 0 Å². The molecule has 0 aliphatic rings. The molecule has 0 radical (unpaired) electrons. The van der Waals surface area contributed by atoms with Gasteiger partial charge in [-0.25, -0.2) is 0 Å². The summed E-state index contributed by atoms with van der Waals surface area (Å²) in [6.45, 7) is 1.65. The van der Waals surface area contributed by atoms with Crippen molar-refractivity contribution < 1.29 is 4.89 Å². The summed E-state index contributed by atoms with van der Waals surface area (Å²) in [6.07, 6.45) is 0. The average Bonchev–Trinajstić information content (AvgIpc) is 0.811. The van der Waals surface area contributed by atoms with Crippen LogP contribution in [-0.2, 0) is 0 Å². The Balaban J connectivity index is 2.32. The molecule has 1 atom stereocenters. The Kier molecular flexibility index (Phi) is 2.38. The smallest absolute Gasteiger partial charge is 0.0784 e. The molecular weight excluding hydrogens is 91.1 g/mol. The Labute approximate surface area is 32.0 Å². The number of hydrogen-bond donors (Lipinski definition) is 2. The first-order valence-corrected chi connectivity index (χ1v) is 3.74. The molecule has 0 aliphatic carbocycles. The maximum absolute atomic E-state index is 7.98. The number of hydrogen-bond acceptors (Lipinski definition) is 2. The van der Waals surface area contributed by atoms with Crippen molar-refractivity contribution in [1.29, 1.82) is 0 Å². The van der Waals surface area contributed by atoms with E-state index in [2.05, 4.69) is 12.2 Å². The second kappa shape index (κ2) is 2.01. The van der Waals surface area contributed by atoms with E-state index in [1.54, 1.807) is 6.66 Å². The van der Waals surface area contributed by atoms with Gasteiger partial charge in [-0.1, -0.05) is 0 Å². The Bertz CT molecular complexity index is 12.8. The molecule has 0 saturated heterocycles. The average molecular weight is 96.1 g/mol. The molecule has 0 saturated carbocycles. The van der Waals surface area contributed by atoms with Crippen LogP contribution in [0.3, 0.4) is 0 Å². The minimum atomic E-state index is -0.926. The number of thiol groups is 1. The lowest BCUT2D eigenvalue weighted by molar-refractivity contribution is 0.647. The van der Waals surface area contributed by atoms with Gasteiger partial charge in [-0.2, -0.15) is 0 Å². The zero-order chi connectivity index (χ0) is 3.58. The lowest BCUT2D eigenvalue weighted by Gasteiger charge is -1.79. The quantitative estimate of drug-likeness (QED) is 0.338. The number of rotatable bonds is 0. The summed E-state index contributed by atoms with van der Waals surface area (Å²) in [6, 6.07) is 0. The van der Waals surface area contributed by atoms with Crippen molar-refractivity contribution in [1.82, 2.24) is 0 Å². The molecule has 0 heterocycles. The summed E-state index contributed by atoms with van der Waals surface area (Å²) < 4.78 is 0. The van der Waals surface area contributed by atoms with Crippen molar-refractivity contribution in [3.05, 3.63) is 0 Å². The van der Waals surface area contributed by atoms with Gasteiger partial charge in [0.15, 0.2) is 0 Å². The first kappa shape index (κ1) is 4.74. The third-order valence-corrected chi connectivity index (χ3v) is 0. The molecule has 0 amide bonds. The van der Waals surface area contributed by atoms with Crippen molar-refractivity contribution in [3.8, 4) is 0 Å². The fourth-order valence-electron chi connectivity index (χ4n) is 0.